The van der Waals surface area contributed by atoms with Crippen LogP contribution in [0.25, 0.3) is 0 Å². The van der Waals surface area contributed by atoms with Crippen molar-refractivity contribution in [3.63, 3.8) is 0 Å². The summed E-state index contributed by atoms with van der Waals surface area (Å²) in [6.45, 7) is 7.31. The summed E-state index contributed by atoms with van der Waals surface area (Å²) in [6.07, 6.45) is 4.72. The predicted octanol–water partition coefficient (Wildman–Crippen LogP) is 4.07. The number of hydrogen-bond acceptors (Lipinski definition) is 3. The molecule has 0 saturated heterocycles. The highest BCUT2D eigenvalue weighted by Gasteiger charge is 2.31. The second-order valence-corrected chi connectivity index (χ2v) is 6.10. The quantitative estimate of drug-likeness (QED) is 0.752. The number of ether oxygens (including phenoxy) is 1. The molecule has 19 heavy (non-hydrogen) atoms. The van der Waals surface area contributed by atoms with Crippen molar-refractivity contribution in [3.05, 3.63) is 23.7 Å². The van der Waals surface area contributed by atoms with Crippen LogP contribution in [0.4, 0.5) is 0 Å². The first kappa shape index (κ1) is 14.3. The van der Waals surface area contributed by atoms with Gasteiger partial charge < -0.3 is 9.15 Å². The van der Waals surface area contributed by atoms with Gasteiger partial charge in [0, 0.05) is 0 Å². The monoisotopic (exact) mass is 264 g/mol. The Kier molecular flexibility index (Phi) is 4.81. The van der Waals surface area contributed by atoms with Gasteiger partial charge in [0.15, 0.2) is 12.0 Å². The van der Waals surface area contributed by atoms with E-state index in [1.165, 1.54) is 12.8 Å². The van der Waals surface area contributed by atoms with Gasteiger partial charge in [-0.3, -0.25) is 4.79 Å². The van der Waals surface area contributed by atoms with E-state index in [-0.39, 0.29) is 0 Å². The lowest BCUT2D eigenvalue weighted by Crippen LogP contribution is -2.34. The van der Waals surface area contributed by atoms with Crippen LogP contribution in [0.2, 0.25) is 0 Å². The minimum Gasteiger partial charge on any atom is -0.456 e. The van der Waals surface area contributed by atoms with Crippen molar-refractivity contribution in [1.29, 1.82) is 0 Å². The zero-order valence-corrected chi connectivity index (χ0v) is 12.1. The van der Waals surface area contributed by atoms with Gasteiger partial charge in [-0.2, -0.15) is 0 Å². The molecule has 1 aliphatic rings. The number of furan rings is 1. The van der Waals surface area contributed by atoms with Crippen LogP contribution < -0.4 is 0 Å². The summed E-state index contributed by atoms with van der Waals surface area (Å²) < 4.78 is 11.4. The highest BCUT2D eigenvalue weighted by atomic mass is 16.5. The van der Waals surface area contributed by atoms with E-state index >= 15 is 0 Å². The Labute approximate surface area is 115 Å². The Hall–Kier alpha value is -1.09. The molecule has 1 aromatic heterocycles. The molecule has 0 radical (unpaired) electrons. The fourth-order valence-electron chi connectivity index (χ4n) is 3.03. The van der Waals surface area contributed by atoms with Crippen LogP contribution in [0.3, 0.4) is 0 Å². The molecular weight excluding hydrogens is 240 g/mol. The van der Waals surface area contributed by atoms with E-state index < -0.39 is 0 Å². The first-order chi connectivity index (χ1) is 9.10. The summed E-state index contributed by atoms with van der Waals surface area (Å²) in [7, 11) is 0. The van der Waals surface area contributed by atoms with Crippen LogP contribution in [0.5, 0.6) is 0 Å². The van der Waals surface area contributed by atoms with Gasteiger partial charge in [-0.05, 0) is 42.7 Å². The lowest BCUT2D eigenvalue weighted by atomic mass is 9.75. The van der Waals surface area contributed by atoms with E-state index in [2.05, 4.69) is 20.8 Å². The second-order valence-electron chi connectivity index (χ2n) is 6.10. The maximum absolute atomic E-state index is 10.6. The number of hydrogen-bond donors (Lipinski definition) is 0. The molecule has 1 aliphatic carbocycles. The molecule has 3 nitrogen and oxygen atoms in total. The molecule has 2 rings (SSSR count). The molecule has 1 saturated carbocycles. The molecule has 106 valence electrons. The van der Waals surface area contributed by atoms with Crippen molar-refractivity contribution in [3.8, 4) is 0 Å². The summed E-state index contributed by atoms with van der Waals surface area (Å²) in [4.78, 5) is 10.6. The molecule has 0 bridgehead atoms. The van der Waals surface area contributed by atoms with E-state index in [4.69, 9.17) is 9.15 Å². The molecule has 1 fully saturated rings. The summed E-state index contributed by atoms with van der Waals surface area (Å²) in [5.41, 5.74) is 0. The maximum Gasteiger partial charge on any atom is 0.185 e. The van der Waals surface area contributed by atoms with Crippen molar-refractivity contribution < 1.29 is 13.9 Å². The standard InChI is InChI=1S/C16H24O3/c1-11(2)15-7-4-12(3)8-16(15)18-10-14-6-5-13(9-17)19-14/h5-6,9,11-12,15-16H,4,7-8,10H2,1-3H3. The van der Waals surface area contributed by atoms with Crippen LogP contribution in [0, 0.1) is 17.8 Å². The zero-order valence-electron chi connectivity index (χ0n) is 12.1. The van der Waals surface area contributed by atoms with Crippen molar-refractivity contribution in [2.24, 2.45) is 17.8 Å². The fourth-order valence-corrected chi connectivity index (χ4v) is 3.03. The first-order valence-electron chi connectivity index (χ1n) is 7.25. The van der Waals surface area contributed by atoms with Gasteiger partial charge in [-0.1, -0.05) is 27.2 Å². The average molecular weight is 264 g/mol. The van der Waals surface area contributed by atoms with E-state index in [1.807, 2.05) is 6.07 Å². The Balaban J connectivity index is 1.93. The van der Waals surface area contributed by atoms with Crippen molar-refractivity contribution >= 4 is 6.29 Å². The van der Waals surface area contributed by atoms with Gasteiger partial charge in [-0.15, -0.1) is 0 Å². The number of carbonyl (C=O) groups is 1. The van der Waals surface area contributed by atoms with Crippen LogP contribution in [0.15, 0.2) is 16.5 Å². The third-order valence-electron chi connectivity index (χ3n) is 4.20. The average Bonchev–Trinajstić information content (AvgIpc) is 2.84. The third-order valence-corrected chi connectivity index (χ3v) is 4.20. The second kappa shape index (κ2) is 6.38. The molecule has 0 aliphatic heterocycles. The lowest BCUT2D eigenvalue weighted by Gasteiger charge is -2.37. The smallest absolute Gasteiger partial charge is 0.185 e. The molecule has 3 heteroatoms. The maximum atomic E-state index is 10.6. The van der Waals surface area contributed by atoms with E-state index in [0.29, 0.717) is 30.3 Å². The summed E-state index contributed by atoms with van der Waals surface area (Å²) in [6, 6.07) is 3.51. The van der Waals surface area contributed by atoms with Gasteiger partial charge in [0.25, 0.3) is 0 Å². The molecule has 0 amide bonds. The fraction of sp³-hybridized carbons (Fsp3) is 0.688. The Morgan fingerprint density at radius 2 is 2.21 bits per heavy atom. The van der Waals surface area contributed by atoms with E-state index in [1.54, 1.807) is 6.07 Å². The minimum atomic E-state index is 0.313. The number of rotatable bonds is 5. The van der Waals surface area contributed by atoms with Crippen LogP contribution >= 0.6 is 0 Å². The number of carbonyl (C=O) groups excluding carboxylic acids is 1. The highest BCUT2D eigenvalue weighted by molar-refractivity contribution is 5.70. The zero-order chi connectivity index (χ0) is 13.8. The molecule has 0 spiro atoms. The van der Waals surface area contributed by atoms with Gasteiger partial charge in [0.2, 0.25) is 0 Å². The predicted molar refractivity (Wildman–Crippen MR) is 74.0 cm³/mol. The topological polar surface area (TPSA) is 39.4 Å². The molecule has 1 heterocycles. The molecule has 3 unspecified atom stereocenters. The summed E-state index contributed by atoms with van der Waals surface area (Å²) >= 11 is 0. The van der Waals surface area contributed by atoms with Gasteiger partial charge in [0.05, 0.1) is 6.10 Å². The Morgan fingerprint density at radius 3 is 2.84 bits per heavy atom. The Bertz CT molecular complexity index is 408. The van der Waals surface area contributed by atoms with Crippen molar-refractivity contribution in [2.75, 3.05) is 0 Å². The summed E-state index contributed by atoms with van der Waals surface area (Å²) in [5.74, 6) is 3.14. The largest absolute Gasteiger partial charge is 0.456 e. The van der Waals surface area contributed by atoms with Crippen LogP contribution in [0.1, 0.15) is 56.3 Å². The molecule has 3 atom stereocenters. The summed E-state index contributed by atoms with van der Waals surface area (Å²) in [5, 5.41) is 0. The Morgan fingerprint density at radius 1 is 1.42 bits per heavy atom. The lowest BCUT2D eigenvalue weighted by molar-refractivity contribution is -0.0523. The molecule has 0 N–H and O–H groups in total. The van der Waals surface area contributed by atoms with Crippen molar-refractivity contribution in [1.82, 2.24) is 0 Å². The first-order valence-corrected chi connectivity index (χ1v) is 7.25. The normalized spacial score (nSPS) is 27.7. The van der Waals surface area contributed by atoms with Gasteiger partial charge >= 0.3 is 0 Å². The van der Waals surface area contributed by atoms with Crippen molar-refractivity contribution in [2.45, 2.75) is 52.7 Å². The molecule has 0 aromatic carbocycles. The van der Waals surface area contributed by atoms with E-state index in [9.17, 15) is 4.79 Å². The number of aldehydes is 1. The van der Waals surface area contributed by atoms with Crippen LogP contribution in [-0.2, 0) is 11.3 Å². The SMILES string of the molecule is CC1CCC(C(C)C)C(OCc2ccc(C=O)o2)C1. The van der Waals surface area contributed by atoms with E-state index in [0.717, 1.165) is 24.4 Å². The minimum absolute atomic E-state index is 0.313. The van der Waals surface area contributed by atoms with Gasteiger partial charge in [0.1, 0.15) is 12.4 Å². The highest BCUT2D eigenvalue weighted by Crippen LogP contribution is 2.35. The third kappa shape index (κ3) is 3.69. The van der Waals surface area contributed by atoms with Crippen LogP contribution in [-0.4, -0.2) is 12.4 Å². The van der Waals surface area contributed by atoms with Gasteiger partial charge in [-0.25, -0.2) is 0 Å². The molecule has 1 aromatic rings. The molecular formula is C16H24O3.